The van der Waals surface area contributed by atoms with Crippen molar-refractivity contribution in [3.63, 3.8) is 0 Å². The number of aromatic nitrogens is 1. The maximum atomic E-state index is 12.0. The molecular weight excluding hydrogens is 310 g/mol. The van der Waals surface area contributed by atoms with Crippen LogP contribution < -0.4 is 10.6 Å². The largest absolute Gasteiger partial charge is 0.334 e. The van der Waals surface area contributed by atoms with Gasteiger partial charge in [-0.05, 0) is 35.2 Å². The molecule has 2 amide bonds. The highest BCUT2D eigenvalue weighted by Gasteiger charge is 2.09. The lowest BCUT2D eigenvalue weighted by atomic mass is 10.0. The van der Waals surface area contributed by atoms with Crippen molar-refractivity contribution in [1.82, 2.24) is 15.6 Å². The summed E-state index contributed by atoms with van der Waals surface area (Å²) in [5, 5.41) is 5.80. The lowest BCUT2D eigenvalue weighted by Crippen LogP contribution is -2.36. The van der Waals surface area contributed by atoms with Gasteiger partial charge in [0.25, 0.3) is 0 Å². The molecule has 0 aliphatic rings. The van der Waals surface area contributed by atoms with Gasteiger partial charge >= 0.3 is 6.03 Å². The number of urea groups is 1. The van der Waals surface area contributed by atoms with E-state index in [1.54, 1.807) is 12.4 Å². The summed E-state index contributed by atoms with van der Waals surface area (Å²) in [6.07, 6.45) is 3.46. The van der Waals surface area contributed by atoms with E-state index in [-0.39, 0.29) is 12.1 Å². The first-order valence-corrected chi connectivity index (χ1v) is 8.31. The number of carbonyl (C=O) groups excluding carboxylic acids is 1. The van der Waals surface area contributed by atoms with Crippen LogP contribution in [0.3, 0.4) is 0 Å². The van der Waals surface area contributed by atoms with Crippen LogP contribution in [-0.4, -0.2) is 11.0 Å². The zero-order valence-electron chi connectivity index (χ0n) is 14.1. The molecule has 25 heavy (non-hydrogen) atoms. The Hall–Kier alpha value is -3.14. The molecule has 2 aromatic carbocycles. The summed E-state index contributed by atoms with van der Waals surface area (Å²) in [5.41, 5.74) is 4.38. The summed E-state index contributed by atoms with van der Waals surface area (Å²) < 4.78 is 0. The standard InChI is InChI=1S/C21H21N3O/c1-16(24-21(25)23-15-17-6-5-13-22-14-17)18-9-11-20(12-10-18)19-7-3-2-4-8-19/h2-14,16H,15H2,1H3,(H2,23,24,25). The molecule has 2 N–H and O–H groups in total. The Labute approximate surface area is 147 Å². The normalized spacial score (nSPS) is 11.6. The Morgan fingerprint density at radius 1 is 0.960 bits per heavy atom. The number of pyridine rings is 1. The van der Waals surface area contributed by atoms with Gasteiger partial charge in [-0.3, -0.25) is 4.98 Å². The van der Waals surface area contributed by atoms with Gasteiger partial charge in [-0.15, -0.1) is 0 Å². The van der Waals surface area contributed by atoms with Crippen molar-refractivity contribution in [2.24, 2.45) is 0 Å². The van der Waals surface area contributed by atoms with E-state index in [0.717, 1.165) is 16.7 Å². The van der Waals surface area contributed by atoms with Crippen LogP contribution in [0.4, 0.5) is 4.79 Å². The van der Waals surface area contributed by atoms with Gasteiger partial charge in [0.05, 0.1) is 6.04 Å². The van der Waals surface area contributed by atoms with E-state index in [0.29, 0.717) is 6.54 Å². The Bertz CT molecular complexity index is 802. The predicted molar refractivity (Wildman–Crippen MR) is 99.9 cm³/mol. The van der Waals surface area contributed by atoms with Gasteiger partial charge in [-0.2, -0.15) is 0 Å². The summed E-state index contributed by atoms with van der Waals surface area (Å²) in [7, 11) is 0. The fraction of sp³-hybridized carbons (Fsp3) is 0.143. The van der Waals surface area contributed by atoms with Gasteiger partial charge in [-0.1, -0.05) is 60.7 Å². The van der Waals surface area contributed by atoms with Gasteiger partial charge in [0.1, 0.15) is 0 Å². The molecule has 3 aromatic rings. The first-order chi connectivity index (χ1) is 12.2. The molecule has 4 heteroatoms. The molecule has 0 saturated heterocycles. The second-order valence-electron chi connectivity index (χ2n) is 5.90. The smallest absolute Gasteiger partial charge is 0.315 e. The zero-order chi connectivity index (χ0) is 17.5. The third-order valence-corrected chi connectivity index (χ3v) is 4.04. The van der Waals surface area contributed by atoms with Crippen LogP contribution >= 0.6 is 0 Å². The maximum Gasteiger partial charge on any atom is 0.315 e. The molecule has 1 heterocycles. The van der Waals surface area contributed by atoms with E-state index in [2.05, 4.69) is 39.9 Å². The van der Waals surface area contributed by atoms with E-state index >= 15 is 0 Å². The van der Waals surface area contributed by atoms with E-state index in [1.807, 2.05) is 49.4 Å². The van der Waals surface area contributed by atoms with Crippen LogP contribution in [0.25, 0.3) is 11.1 Å². The number of hydrogen-bond acceptors (Lipinski definition) is 2. The van der Waals surface area contributed by atoms with Crippen molar-refractivity contribution in [3.8, 4) is 11.1 Å². The van der Waals surface area contributed by atoms with Gasteiger partial charge in [-0.25, -0.2) is 4.79 Å². The van der Waals surface area contributed by atoms with Crippen molar-refractivity contribution in [2.45, 2.75) is 19.5 Å². The van der Waals surface area contributed by atoms with E-state index in [1.165, 1.54) is 5.56 Å². The molecule has 0 spiro atoms. The summed E-state index contributed by atoms with van der Waals surface area (Å²) in [5.74, 6) is 0. The van der Waals surface area contributed by atoms with Gasteiger partial charge in [0.15, 0.2) is 0 Å². The number of amides is 2. The van der Waals surface area contributed by atoms with E-state index < -0.39 is 0 Å². The maximum absolute atomic E-state index is 12.0. The summed E-state index contributed by atoms with van der Waals surface area (Å²) in [4.78, 5) is 16.1. The third-order valence-electron chi connectivity index (χ3n) is 4.04. The van der Waals surface area contributed by atoms with Crippen LogP contribution in [0.5, 0.6) is 0 Å². The summed E-state index contributed by atoms with van der Waals surface area (Å²) in [6, 6.07) is 22.0. The first kappa shape index (κ1) is 16.7. The Kier molecular flexibility index (Phi) is 5.42. The van der Waals surface area contributed by atoms with Gasteiger partial charge < -0.3 is 10.6 Å². The molecule has 1 unspecified atom stereocenters. The second-order valence-corrected chi connectivity index (χ2v) is 5.90. The molecule has 0 saturated carbocycles. The van der Waals surface area contributed by atoms with E-state index in [9.17, 15) is 4.79 Å². The van der Waals surface area contributed by atoms with Gasteiger partial charge in [0, 0.05) is 18.9 Å². The van der Waals surface area contributed by atoms with Crippen molar-refractivity contribution in [3.05, 3.63) is 90.3 Å². The second kappa shape index (κ2) is 8.11. The van der Waals surface area contributed by atoms with Crippen LogP contribution in [0, 0.1) is 0 Å². The highest BCUT2D eigenvalue weighted by molar-refractivity contribution is 5.74. The molecule has 126 valence electrons. The number of carbonyl (C=O) groups is 1. The third kappa shape index (κ3) is 4.67. The Morgan fingerprint density at radius 3 is 2.36 bits per heavy atom. The topological polar surface area (TPSA) is 54.0 Å². The number of benzene rings is 2. The average molecular weight is 331 g/mol. The van der Waals surface area contributed by atoms with Crippen LogP contribution in [0.2, 0.25) is 0 Å². The fourth-order valence-corrected chi connectivity index (χ4v) is 2.61. The van der Waals surface area contributed by atoms with Crippen LogP contribution in [0.1, 0.15) is 24.1 Å². The van der Waals surface area contributed by atoms with Crippen molar-refractivity contribution in [1.29, 1.82) is 0 Å². The number of rotatable bonds is 5. The molecule has 0 radical (unpaired) electrons. The molecule has 0 fully saturated rings. The molecule has 1 atom stereocenters. The number of nitrogens with zero attached hydrogens (tertiary/aromatic N) is 1. The molecule has 0 aliphatic carbocycles. The Balaban J connectivity index is 1.55. The van der Waals surface area contributed by atoms with Crippen molar-refractivity contribution < 1.29 is 4.79 Å². The molecule has 4 nitrogen and oxygen atoms in total. The van der Waals surface area contributed by atoms with Crippen LogP contribution in [0.15, 0.2) is 79.1 Å². The monoisotopic (exact) mass is 331 g/mol. The first-order valence-electron chi connectivity index (χ1n) is 8.31. The minimum absolute atomic E-state index is 0.0706. The highest BCUT2D eigenvalue weighted by Crippen LogP contribution is 2.21. The highest BCUT2D eigenvalue weighted by atomic mass is 16.2. The van der Waals surface area contributed by atoms with Crippen LogP contribution in [-0.2, 0) is 6.54 Å². The SMILES string of the molecule is CC(NC(=O)NCc1cccnc1)c1ccc(-c2ccccc2)cc1. The van der Waals surface area contributed by atoms with Gasteiger partial charge in [0.2, 0.25) is 0 Å². The molecule has 0 aliphatic heterocycles. The minimum atomic E-state index is -0.191. The predicted octanol–water partition coefficient (Wildman–Crippen LogP) is 4.31. The number of nitrogens with one attached hydrogen (secondary N) is 2. The average Bonchev–Trinajstić information content (AvgIpc) is 2.68. The molecule has 1 aromatic heterocycles. The summed E-state index contributed by atoms with van der Waals surface area (Å²) >= 11 is 0. The zero-order valence-corrected chi connectivity index (χ0v) is 14.1. The molecule has 3 rings (SSSR count). The minimum Gasteiger partial charge on any atom is -0.334 e. The lowest BCUT2D eigenvalue weighted by Gasteiger charge is -2.15. The molecule has 0 bridgehead atoms. The van der Waals surface area contributed by atoms with Crippen molar-refractivity contribution >= 4 is 6.03 Å². The lowest BCUT2D eigenvalue weighted by molar-refractivity contribution is 0.237. The Morgan fingerprint density at radius 2 is 1.68 bits per heavy atom. The number of hydrogen-bond donors (Lipinski definition) is 2. The van der Waals surface area contributed by atoms with Crippen molar-refractivity contribution in [2.75, 3.05) is 0 Å². The quantitative estimate of drug-likeness (QED) is 0.732. The van der Waals surface area contributed by atoms with E-state index in [4.69, 9.17) is 0 Å². The summed E-state index contributed by atoms with van der Waals surface area (Å²) in [6.45, 7) is 2.43. The fourth-order valence-electron chi connectivity index (χ4n) is 2.61. The molecular formula is C21H21N3O.